The molecule has 0 unspecified atom stereocenters. The molecule has 4 heterocycles. The summed E-state index contributed by atoms with van der Waals surface area (Å²) < 4.78 is 25.1. The van der Waals surface area contributed by atoms with Gasteiger partial charge in [-0.05, 0) is 50.7 Å². The van der Waals surface area contributed by atoms with Gasteiger partial charge in [-0.3, -0.25) is 18.6 Å². The molecule has 1 aromatic carbocycles. The molecule has 14 heteroatoms. The van der Waals surface area contributed by atoms with Crippen LogP contribution in [0.2, 0.25) is 0 Å². The summed E-state index contributed by atoms with van der Waals surface area (Å²) in [5, 5.41) is 27.5. The Morgan fingerprint density at radius 1 is 1.19 bits per heavy atom. The Kier molecular flexibility index (Phi) is 7.94. The molecule has 1 saturated carbocycles. The van der Waals surface area contributed by atoms with Crippen LogP contribution in [0.25, 0.3) is 44.5 Å². The van der Waals surface area contributed by atoms with Gasteiger partial charge in [0.2, 0.25) is 5.95 Å². The van der Waals surface area contributed by atoms with Gasteiger partial charge in [0.1, 0.15) is 11.2 Å². The number of pyridine rings is 1. The fraction of sp³-hybridized carbons (Fsp3) is 0.424. The van der Waals surface area contributed by atoms with Crippen LogP contribution in [0.15, 0.2) is 41.5 Å². The number of nitrogens with one attached hydrogen (secondary N) is 2. The summed E-state index contributed by atoms with van der Waals surface area (Å²) in [6.45, 7) is 7.08. The van der Waals surface area contributed by atoms with E-state index in [4.69, 9.17) is 4.74 Å². The van der Waals surface area contributed by atoms with E-state index in [9.17, 15) is 24.6 Å². The van der Waals surface area contributed by atoms with Crippen LogP contribution in [0.3, 0.4) is 0 Å². The van der Waals surface area contributed by atoms with Crippen molar-refractivity contribution < 1.29 is 28.9 Å². The van der Waals surface area contributed by atoms with E-state index in [1.807, 2.05) is 31.2 Å². The molecule has 1 aliphatic carbocycles. The maximum absolute atomic E-state index is 15.3. The number of carboxylic acid groups (broad SMARTS) is 1. The monoisotopic (exact) mass is 647 g/mol. The molecule has 47 heavy (non-hydrogen) atoms. The first kappa shape index (κ1) is 32.0. The third kappa shape index (κ3) is 5.88. The van der Waals surface area contributed by atoms with Gasteiger partial charge >= 0.3 is 17.8 Å². The van der Waals surface area contributed by atoms with Crippen LogP contribution >= 0.6 is 0 Å². The highest BCUT2D eigenvalue weighted by Gasteiger charge is 2.38. The predicted molar refractivity (Wildman–Crippen MR) is 173 cm³/mol. The number of benzene rings is 1. The molecule has 4 aromatic heterocycles. The van der Waals surface area contributed by atoms with E-state index in [2.05, 4.69) is 20.4 Å². The molecule has 6 rings (SSSR count). The van der Waals surface area contributed by atoms with E-state index >= 15 is 4.39 Å². The number of aliphatic hydroxyl groups is 1. The number of carboxylic acids is 1. The molecule has 4 atom stereocenters. The number of fused-ring (bicyclic) bond motifs is 3. The number of carbonyl (C=O) groups excluding carboxylic acids is 1. The summed E-state index contributed by atoms with van der Waals surface area (Å²) in [6, 6.07) is 6.23. The fourth-order valence-electron chi connectivity index (χ4n) is 6.61. The van der Waals surface area contributed by atoms with Crippen molar-refractivity contribution in [1.82, 2.24) is 34.2 Å². The van der Waals surface area contributed by atoms with Crippen LogP contribution in [-0.4, -0.2) is 68.9 Å². The van der Waals surface area contributed by atoms with E-state index in [1.54, 1.807) is 51.8 Å². The molecule has 5 aromatic rings. The summed E-state index contributed by atoms with van der Waals surface area (Å²) in [7, 11) is 3.26. The number of nitrogens with zero attached hydrogens (tertiary/aromatic N) is 5. The molecular formula is C33H38FN7O6. The van der Waals surface area contributed by atoms with Gasteiger partial charge in [0.25, 0.3) is 0 Å². The number of halogens is 1. The second-order valence-corrected chi connectivity index (χ2v) is 13.4. The first-order chi connectivity index (χ1) is 22.1. The van der Waals surface area contributed by atoms with Crippen molar-refractivity contribution in [3.05, 3.63) is 58.7 Å². The Hall–Kier alpha value is -4.98. The number of hydrogen-bond acceptors (Lipinski definition) is 7. The number of H-pyrrole nitrogens is 1. The van der Waals surface area contributed by atoms with E-state index in [-0.39, 0.29) is 36.4 Å². The van der Waals surface area contributed by atoms with Crippen molar-refractivity contribution >= 4 is 34.1 Å². The SMILES string of the molecule is C[C@H](CC(=O)O)c1ccc(-c2c(-c3cn(C)nc3F)[nH]c3ncc4c(c23)n([C@@H]2C[C@@H](O)[C@@H](NC(=O)OC(C)(C)C)C2)c(=O)n4C)cc1. The van der Waals surface area contributed by atoms with Crippen LogP contribution < -0.4 is 11.0 Å². The van der Waals surface area contributed by atoms with Gasteiger partial charge in [0.05, 0.1) is 52.4 Å². The molecule has 0 saturated heterocycles. The largest absolute Gasteiger partial charge is 0.481 e. The summed E-state index contributed by atoms with van der Waals surface area (Å²) in [6.07, 6.45) is 1.98. The van der Waals surface area contributed by atoms with Crippen molar-refractivity contribution in [3.8, 4) is 22.4 Å². The quantitative estimate of drug-likeness (QED) is 0.199. The van der Waals surface area contributed by atoms with E-state index < -0.39 is 41.8 Å². The van der Waals surface area contributed by atoms with Crippen LogP contribution in [-0.2, 0) is 23.6 Å². The van der Waals surface area contributed by atoms with Crippen LogP contribution in [0.1, 0.15) is 64.5 Å². The number of aliphatic hydroxyl groups excluding tert-OH is 1. The van der Waals surface area contributed by atoms with E-state index in [0.717, 1.165) is 5.56 Å². The van der Waals surface area contributed by atoms with Gasteiger partial charge in [-0.1, -0.05) is 31.2 Å². The lowest BCUT2D eigenvalue weighted by Crippen LogP contribution is -2.42. The minimum absolute atomic E-state index is 0.0313. The Balaban J connectivity index is 1.54. The molecule has 4 N–H and O–H groups in total. The first-order valence-corrected chi connectivity index (χ1v) is 15.4. The Morgan fingerprint density at radius 2 is 1.89 bits per heavy atom. The van der Waals surface area contributed by atoms with E-state index in [1.165, 1.54) is 9.25 Å². The molecular weight excluding hydrogens is 609 g/mol. The highest BCUT2D eigenvalue weighted by molar-refractivity contribution is 6.14. The standard InChI is InChI=1S/C33H38FN7O6/c1-16(11-24(43)44)17-7-9-18(10-8-17)25-26-28-22(14-35-30(26)37-27(25)20-15-39(5)38-29(20)34)40(6)32(46)41(28)19-12-21(23(42)13-19)36-31(45)47-33(2,3)4/h7-10,14-16,19,21,23,42H,11-13H2,1-6H3,(H,35,37)(H,36,45)(H,43,44)/t16-,19+,21+,23-/m1/s1. The molecule has 0 spiro atoms. The zero-order chi connectivity index (χ0) is 33.9. The highest BCUT2D eigenvalue weighted by atomic mass is 19.1. The molecule has 1 aliphatic rings. The third-order valence-electron chi connectivity index (χ3n) is 8.74. The Bertz CT molecular complexity index is 2070. The number of aromatic amines is 1. The van der Waals surface area contributed by atoms with Gasteiger partial charge in [-0.15, -0.1) is 5.10 Å². The smallest absolute Gasteiger partial charge is 0.407 e. The number of alkyl carbamates (subject to hydrolysis) is 1. The Labute approximate surface area is 269 Å². The Morgan fingerprint density at radius 3 is 2.51 bits per heavy atom. The number of imidazole rings is 1. The number of amides is 1. The van der Waals surface area contributed by atoms with Crippen LogP contribution in [0, 0.1) is 5.95 Å². The lowest BCUT2D eigenvalue weighted by molar-refractivity contribution is -0.137. The average molecular weight is 648 g/mol. The van der Waals surface area contributed by atoms with Crippen molar-refractivity contribution in [2.45, 2.75) is 76.7 Å². The maximum Gasteiger partial charge on any atom is 0.407 e. The number of hydrogen-bond donors (Lipinski definition) is 4. The summed E-state index contributed by atoms with van der Waals surface area (Å²) in [4.78, 5) is 45.7. The predicted octanol–water partition coefficient (Wildman–Crippen LogP) is 4.59. The first-order valence-electron chi connectivity index (χ1n) is 15.4. The lowest BCUT2D eigenvalue weighted by Gasteiger charge is -2.23. The van der Waals surface area contributed by atoms with Gasteiger partial charge < -0.3 is 25.3 Å². The van der Waals surface area contributed by atoms with Gasteiger partial charge in [0, 0.05) is 31.9 Å². The van der Waals surface area contributed by atoms with Crippen LogP contribution in [0.5, 0.6) is 0 Å². The normalized spacial score (nSPS) is 19.0. The zero-order valence-electron chi connectivity index (χ0n) is 27.0. The molecule has 0 aliphatic heterocycles. The number of aromatic nitrogens is 6. The highest BCUT2D eigenvalue weighted by Crippen LogP contribution is 2.43. The minimum Gasteiger partial charge on any atom is -0.481 e. The molecule has 1 fully saturated rings. The molecule has 13 nitrogen and oxygen atoms in total. The van der Waals surface area contributed by atoms with Crippen LogP contribution in [0.4, 0.5) is 9.18 Å². The summed E-state index contributed by atoms with van der Waals surface area (Å²) in [5.74, 6) is -1.82. The number of ether oxygens (including phenoxy) is 1. The topological polar surface area (TPSA) is 169 Å². The molecule has 1 amide bonds. The van der Waals surface area contributed by atoms with Crippen molar-refractivity contribution in [3.63, 3.8) is 0 Å². The van der Waals surface area contributed by atoms with Crippen molar-refractivity contribution in [1.29, 1.82) is 0 Å². The number of aryl methyl sites for hydroxylation is 2. The van der Waals surface area contributed by atoms with Crippen molar-refractivity contribution in [2.75, 3.05) is 0 Å². The molecule has 248 valence electrons. The second kappa shape index (κ2) is 11.7. The van der Waals surface area contributed by atoms with Gasteiger partial charge in [-0.2, -0.15) is 4.39 Å². The molecule has 0 radical (unpaired) electrons. The maximum atomic E-state index is 15.3. The van der Waals surface area contributed by atoms with Gasteiger partial charge in [-0.25, -0.2) is 14.6 Å². The number of aliphatic carboxylic acids is 1. The van der Waals surface area contributed by atoms with Crippen molar-refractivity contribution in [2.24, 2.45) is 14.1 Å². The molecule has 0 bridgehead atoms. The summed E-state index contributed by atoms with van der Waals surface area (Å²) in [5.41, 5.74) is 3.16. The lowest BCUT2D eigenvalue weighted by atomic mass is 9.93. The van der Waals surface area contributed by atoms with E-state index in [0.29, 0.717) is 38.9 Å². The summed E-state index contributed by atoms with van der Waals surface area (Å²) >= 11 is 0. The van der Waals surface area contributed by atoms with Gasteiger partial charge in [0.15, 0.2) is 0 Å². The average Bonchev–Trinajstić information content (AvgIpc) is 3.70. The second-order valence-electron chi connectivity index (χ2n) is 13.4. The fourth-order valence-corrected chi connectivity index (χ4v) is 6.61. The minimum atomic E-state index is -0.932. The third-order valence-corrected chi connectivity index (χ3v) is 8.74. The number of carbonyl (C=O) groups is 2. The zero-order valence-corrected chi connectivity index (χ0v) is 27.0. The number of rotatable bonds is 7.